The Morgan fingerprint density at radius 1 is 1.35 bits per heavy atom. The Labute approximate surface area is 107 Å². The highest BCUT2D eigenvalue weighted by molar-refractivity contribution is 5.54. The molecule has 2 N–H and O–H groups in total. The summed E-state index contributed by atoms with van der Waals surface area (Å²) in [5, 5.41) is 9.68. The van der Waals surface area contributed by atoms with Crippen LogP contribution in [-0.4, -0.2) is 29.9 Å². The lowest BCUT2D eigenvalue weighted by atomic mass is 9.91. The predicted octanol–water partition coefficient (Wildman–Crippen LogP) is 3.46. The number of unbranched alkanes of at least 4 members (excludes halogenated alkanes) is 1. The molecule has 0 aliphatic carbocycles. The predicted molar refractivity (Wildman–Crippen MR) is 76.5 cm³/mol. The molecule has 1 unspecified atom stereocenters. The van der Waals surface area contributed by atoms with E-state index in [1.807, 2.05) is 7.05 Å². The van der Waals surface area contributed by atoms with Crippen molar-refractivity contribution in [1.29, 1.82) is 5.41 Å². The first-order chi connectivity index (χ1) is 7.90. The first-order valence-electron chi connectivity index (χ1n) is 6.86. The molecule has 0 spiro atoms. The van der Waals surface area contributed by atoms with Crippen molar-refractivity contribution >= 4 is 6.21 Å². The van der Waals surface area contributed by atoms with Gasteiger partial charge in [-0.05, 0) is 39.4 Å². The lowest BCUT2D eigenvalue weighted by Crippen LogP contribution is -2.57. The standard InChI is InChI=1S/C14H31N3/c1-7-8-9-13(12(2)3)17(16-6)14(4,5)10-11-15/h11-13,15-16H,7-10H2,1-6H3. The van der Waals surface area contributed by atoms with Crippen molar-refractivity contribution < 1.29 is 0 Å². The van der Waals surface area contributed by atoms with Gasteiger partial charge in [0.25, 0.3) is 0 Å². The topological polar surface area (TPSA) is 39.1 Å². The van der Waals surface area contributed by atoms with Crippen LogP contribution < -0.4 is 5.43 Å². The molecule has 102 valence electrons. The number of hydrogen-bond donors (Lipinski definition) is 2. The van der Waals surface area contributed by atoms with E-state index in [-0.39, 0.29) is 5.54 Å². The maximum Gasteiger partial charge on any atom is 0.0350 e. The molecule has 0 fully saturated rings. The van der Waals surface area contributed by atoms with Gasteiger partial charge in [-0.1, -0.05) is 33.6 Å². The van der Waals surface area contributed by atoms with Crippen molar-refractivity contribution in [2.75, 3.05) is 7.05 Å². The Kier molecular flexibility index (Phi) is 7.64. The second-order valence-electron chi connectivity index (χ2n) is 5.77. The fourth-order valence-electron chi connectivity index (χ4n) is 2.44. The van der Waals surface area contributed by atoms with E-state index in [9.17, 15) is 0 Å². The fraction of sp³-hybridized carbons (Fsp3) is 0.929. The highest BCUT2D eigenvalue weighted by atomic mass is 15.5. The van der Waals surface area contributed by atoms with Gasteiger partial charge in [-0.2, -0.15) is 0 Å². The molecule has 3 heteroatoms. The number of nitrogens with one attached hydrogen (secondary N) is 2. The molecular formula is C14H31N3. The third kappa shape index (κ3) is 5.17. The summed E-state index contributed by atoms with van der Waals surface area (Å²) in [5.41, 5.74) is 3.35. The largest absolute Gasteiger partial charge is 0.313 e. The minimum absolute atomic E-state index is 0.000815. The van der Waals surface area contributed by atoms with Crippen molar-refractivity contribution in [3.05, 3.63) is 0 Å². The Morgan fingerprint density at radius 3 is 2.29 bits per heavy atom. The van der Waals surface area contributed by atoms with Crippen LogP contribution in [-0.2, 0) is 0 Å². The quantitative estimate of drug-likeness (QED) is 0.479. The number of nitrogens with zero attached hydrogens (tertiary/aromatic N) is 1. The molecule has 0 aliphatic rings. The van der Waals surface area contributed by atoms with E-state index in [1.54, 1.807) is 0 Å². The van der Waals surface area contributed by atoms with Gasteiger partial charge < -0.3 is 5.41 Å². The van der Waals surface area contributed by atoms with Gasteiger partial charge in [-0.15, -0.1) is 0 Å². The first kappa shape index (κ1) is 16.6. The summed E-state index contributed by atoms with van der Waals surface area (Å²) in [6, 6.07) is 0.537. The van der Waals surface area contributed by atoms with E-state index in [2.05, 4.69) is 45.1 Å². The van der Waals surface area contributed by atoms with Crippen LogP contribution >= 0.6 is 0 Å². The molecule has 0 aromatic heterocycles. The van der Waals surface area contributed by atoms with Crippen LogP contribution in [0.2, 0.25) is 0 Å². The molecule has 0 aromatic rings. The highest BCUT2D eigenvalue weighted by Gasteiger charge is 2.32. The van der Waals surface area contributed by atoms with Gasteiger partial charge in [-0.3, -0.25) is 5.43 Å². The summed E-state index contributed by atoms with van der Waals surface area (Å²) in [6.07, 6.45) is 6.02. The molecule has 0 aliphatic heterocycles. The van der Waals surface area contributed by atoms with Gasteiger partial charge in [0.15, 0.2) is 0 Å². The summed E-state index contributed by atoms with van der Waals surface area (Å²) in [7, 11) is 1.99. The van der Waals surface area contributed by atoms with Crippen molar-refractivity contribution in [3.63, 3.8) is 0 Å². The van der Waals surface area contributed by atoms with Crippen LogP contribution in [0.1, 0.15) is 60.3 Å². The third-order valence-electron chi connectivity index (χ3n) is 3.45. The van der Waals surface area contributed by atoms with Crippen LogP contribution in [0.4, 0.5) is 0 Å². The molecule has 0 saturated carbocycles. The Balaban J connectivity index is 4.81. The van der Waals surface area contributed by atoms with Gasteiger partial charge in [0.05, 0.1) is 0 Å². The summed E-state index contributed by atoms with van der Waals surface area (Å²) >= 11 is 0. The SMILES string of the molecule is CCCCC(C(C)C)N(NC)C(C)(C)CC=N. The molecular weight excluding hydrogens is 210 g/mol. The summed E-state index contributed by atoms with van der Waals surface area (Å²) in [6.45, 7) is 11.2. The molecule has 0 amide bonds. The Bertz CT molecular complexity index is 212. The van der Waals surface area contributed by atoms with Crippen molar-refractivity contribution in [3.8, 4) is 0 Å². The molecule has 1 atom stereocenters. The molecule has 0 rings (SSSR count). The molecule has 0 aromatic carbocycles. The maximum atomic E-state index is 7.33. The van der Waals surface area contributed by atoms with E-state index in [0.29, 0.717) is 12.0 Å². The smallest absolute Gasteiger partial charge is 0.0350 e. The Morgan fingerprint density at radius 2 is 1.94 bits per heavy atom. The zero-order valence-corrected chi connectivity index (χ0v) is 12.5. The van der Waals surface area contributed by atoms with Gasteiger partial charge in [0.1, 0.15) is 0 Å². The highest BCUT2D eigenvalue weighted by Crippen LogP contribution is 2.25. The van der Waals surface area contributed by atoms with Gasteiger partial charge in [0, 0.05) is 18.0 Å². The first-order valence-corrected chi connectivity index (χ1v) is 6.86. The van der Waals surface area contributed by atoms with Crippen molar-refractivity contribution in [1.82, 2.24) is 10.4 Å². The average Bonchev–Trinajstić information content (AvgIpc) is 2.23. The molecule has 0 bridgehead atoms. The number of hydrogen-bond acceptors (Lipinski definition) is 3. The van der Waals surface area contributed by atoms with Gasteiger partial charge in [0.2, 0.25) is 0 Å². The minimum atomic E-state index is -0.000815. The molecule has 0 radical (unpaired) electrons. The lowest BCUT2D eigenvalue weighted by molar-refractivity contribution is 0.00174. The summed E-state index contributed by atoms with van der Waals surface area (Å²) in [5.74, 6) is 0.624. The summed E-state index contributed by atoms with van der Waals surface area (Å²) < 4.78 is 0. The van der Waals surface area contributed by atoms with Crippen LogP contribution in [0, 0.1) is 11.3 Å². The zero-order chi connectivity index (χ0) is 13.5. The van der Waals surface area contributed by atoms with E-state index in [1.165, 1.54) is 25.5 Å². The van der Waals surface area contributed by atoms with E-state index >= 15 is 0 Å². The second kappa shape index (κ2) is 7.83. The second-order valence-corrected chi connectivity index (χ2v) is 5.77. The molecule has 17 heavy (non-hydrogen) atoms. The van der Waals surface area contributed by atoms with E-state index in [0.717, 1.165) is 6.42 Å². The van der Waals surface area contributed by atoms with Gasteiger partial charge in [-0.25, -0.2) is 5.01 Å². The number of hydrazine groups is 1. The maximum absolute atomic E-state index is 7.33. The third-order valence-corrected chi connectivity index (χ3v) is 3.45. The Hall–Kier alpha value is -0.410. The zero-order valence-electron chi connectivity index (χ0n) is 12.5. The normalized spacial score (nSPS) is 14.4. The minimum Gasteiger partial charge on any atom is -0.313 e. The monoisotopic (exact) mass is 241 g/mol. The summed E-state index contributed by atoms with van der Waals surface area (Å²) in [4.78, 5) is 0. The van der Waals surface area contributed by atoms with Gasteiger partial charge >= 0.3 is 0 Å². The van der Waals surface area contributed by atoms with E-state index < -0.39 is 0 Å². The number of rotatable bonds is 9. The van der Waals surface area contributed by atoms with Crippen LogP contribution in [0.15, 0.2) is 0 Å². The molecule has 3 nitrogen and oxygen atoms in total. The van der Waals surface area contributed by atoms with E-state index in [4.69, 9.17) is 5.41 Å². The van der Waals surface area contributed by atoms with Crippen LogP contribution in [0.25, 0.3) is 0 Å². The van der Waals surface area contributed by atoms with Crippen molar-refractivity contribution in [2.45, 2.75) is 71.9 Å². The van der Waals surface area contributed by atoms with Crippen LogP contribution in [0.3, 0.4) is 0 Å². The van der Waals surface area contributed by atoms with Crippen LogP contribution in [0.5, 0.6) is 0 Å². The lowest BCUT2D eigenvalue weighted by Gasteiger charge is -2.44. The average molecular weight is 241 g/mol. The molecule has 0 heterocycles. The van der Waals surface area contributed by atoms with Crippen molar-refractivity contribution in [2.24, 2.45) is 5.92 Å². The molecule has 0 saturated heterocycles. The fourth-order valence-corrected chi connectivity index (χ4v) is 2.44.